The number of hydrogen-bond acceptors (Lipinski definition) is 4. The van der Waals surface area contributed by atoms with Crippen LogP contribution in [0.3, 0.4) is 0 Å². The number of benzene rings is 7. The number of rotatable bonds is 6. The van der Waals surface area contributed by atoms with E-state index in [0.717, 1.165) is 53.9 Å². The van der Waals surface area contributed by atoms with Gasteiger partial charge in [-0.3, -0.25) is 0 Å². The Hall–Kier alpha value is -5.11. The van der Waals surface area contributed by atoms with E-state index in [1.165, 1.54) is 25.9 Å². The third-order valence-electron chi connectivity index (χ3n) is 8.67. The zero-order chi connectivity index (χ0) is 31.3. The Morgan fingerprint density at radius 2 is 1.04 bits per heavy atom. The van der Waals surface area contributed by atoms with E-state index in [2.05, 4.69) is 184 Å². The largest absolute Gasteiger partial charge is 0.454 e. The fourth-order valence-corrected chi connectivity index (χ4v) is 8.41. The molecule has 0 atom stereocenters. The first kappa shape index (κ1) is 28.1. The number of nitrogens with zero attached hydrogens (tertiary/aromatic N) is 2. The fraction of sp³-hybridized carbons (Fsp3) is 0. The molecule has 2 aromatic heterocycles. The molecule has 9 aromatic rings. The van der Waals surface area contributed by atoms with Crippen molar-refractivity contribution in [3.63, 3.8) is 0 Å². The number of fused-ring (bicyclic) bond motifs is 6. The maximum absolute atomic E-state index is 6.58. The Morgan fingerprint density at radius 1 is 0.447 bits per heavy atom. The van der Waals surface area contributed by atoms with Crippen LogP contribution < -0.4 is 9.80 Å². The molecule has 3 nitrogen and oxygen atoms in total. The van der Waals surface area contributed by atoms with E-state index in [-0.39, 0.29) is 0 Å². The summed E-state index contributed by atoms with van der Waals surface area (Å²) in [6.45, 7) is 0. The van der Waals surface area contributed by atoms with Crippen molar-refractivity contribution < 1.29 is 4.42 Å². The van der Waals surface area contributed by atoms with Crippen LogP contribution in [0.25, 0.3) is 42.1 Å². The van der Waals surface area contributed by atoms with Gasteiger partial charge >= 0.3 is 0 Å². The summed E-state index contributed by atoms with van der Waals surface area (Å²) in [4.78, 5) is 4.69. The van der Waals surface area contributed by atoms with Gasteiger partial charge in [0.25, 0.3) is 0 Å². The maximum atomic E-state index is 6.58. The highest BCUT2D eigenvalue weighted by atomic mass is 127. The molecular formula is C42H27IN2OS. The molecule has 0 saturated heterocycles. The summed E-state index contributed by atoms with van der Waals surface area (Å²) in [5.41, 5.74) is 8.40. The van der Waals surface area contributed by atoms with Gasteiger partial charge in [0.1, 0.15) is 5.58 Å². The summed E-state index contributed by atoms with van der Waals surface area (Å²) in [5.74, 6) is 0. The minimum atomic E-state index is 0.884. The number of hydrogen-bond donors (Lipinski definition) is 0. The minimum absolute atomic E-state index is 0.884. The van der Waals surface area contributed by atoms with Gasteiger partial charge < -0.3 is 14.2 Å². The molecule has 0 aliphatic carbocycles. The highest BCUT2D eigenvalue weighted by Gasteiger charge is 2.22. The Bertz CT molecular complexity index is 2500. The van der Waals surface area contributed by atoms with E-state index in [0.29, 0.717) is 0 Å². The SMILES string of the molecule is Ic1cc(N(c2ccccc2)c2ccc3sc4c(N(c5ccccc5)c5ccccc5)cccc4c3c2)c2oc3ccccc3c2c1. The van der Waals surface area contributed by atoms with Crippen molar-refractivity contribution in [1.29, 1.82) is 0 Å². The van der Waals surface area contributed by atoms with Crippen LogP contribution in [-0.4, -0.2) is 0 Å². The standard InChI is InChI=1S/C42H27IN2OS/c43-28-25-36-33-19-10-11-22-39(33)46-41(36)38(26-28)45(31-17-8-3-9-18-31)32-23-24-40-35(27-32)34-20-12-21-37(42(34)47-40)44(29-13-4-1-5-14-29)30-15-6-2-7-16-30/h1-27H. The molecule has 9 rings (SSSR count). The topological polar surface area (TPSA) is 19.6 Å². The van der Waals surface area contributed by atoms with Crippen LogP contribution in [0.2, 0.25) is 0 Å². The molecule has 47 heavy (non-hydrogen) atoms. The second-order valence-electron chi connectivity index (χ2n) is 11.5. The van der Waals surface area contributed by atoms with Crippen molar-refractivity contribution in [3.8, 4) is 0 Å². The van der Waals surface area contributed by atoms with Crippen LogP contribution in [0.1, 0.15) is 0 Å². The summed E-state index contributed by atoms with van der Waals surface area (Å²) >= 11 is 4.27. The molecule has 0 fully saturated rings. The van der Waals surface area contributed by atoms with Crippen LogP contribution in [0.15, 0.2) is 168 Å². The van der Waals surface area contributed by atoms with Crippen molar-refractivity contribution in [1.82, 2.24) is 0 Å². The summed E-state index contributed by atoms with van der Waals surface area (Å²) in [6.07, 6.45) is 0. The normalized spacial score (nSPS) is 11.5. The molecule has 0 amide bonds. The van der Waals surface area contributed by atoms with E-state index in [9.17, 15) is 0 Å². The zero-order valence-electron chi connectivity index (χ0n) is 25.2. The first-order valence-electron chi connectivity index (χ1n) is 15.5. The average molecular weight is 735 g/mol. The van der Waals surface area contributed by atoms with Crippen LogP contribution in [0.5, 0.6) is 0 Å². The second-order valence-corrected chi connectivity index (χ2v) is 13.8. The molecule has 224 valence electrons. The summed E-state index contributed by atoms with van der Waals surface area (Å²) < 4.78 is 10.3. The molecule has 2 heterocycles. The van der Waals surface area contributed by atoms with Crippen LogP contribution in [-0.2, 0) is 0 Å². The lowest BCUT2D eigenvalue weighted by atomic mass is 10.1. The Labute approximate surface area is 290 Å². The summed E-state index contributed by atoms with van der Waals surface area (Å²) in [6, 6.07) is 58.1. The van der Waals surface area contributed by atoms with Gasteiger partial charge in [0, 0.05) is 52.6 Å². The van der Waals surface area contributed by atoms with Crippen LogP contribution in [0.4, 0.5) is 34.1 Å². The Kier molecular flexibility index (Phi) is 6.95. The van der Waals surface area contributed by atoms with Gasteiger partial charge in [-0.2, -0.15) is 0 Å². The third kappa shape index (κ3) is 4.85. The molecule has 0 aliphatic heterocycles. The Balaban J connectivity index is 1.27. The molecule has 7 aromatic carbocycles. The van der Waals surface area contributed by atoms with Crippen LogP contribution >= 0.6 is 33.9 Å². The first-order chi connectivity index (χ1) is 23.2. The first-order valence-corrected chi connectivity index (χ1v) is 17.4. The lowest BCUT2D eigenvalue weighted by molar-refractivity contribution is 0.669. The average Bonchev–Trinajstić information content (AvgIpc) is 3.69. The Morgan fingerprint density at radius 3 is 1.72 bits per heavy atom. The summed E-state index contributed by atoms with van der Waals surface area (Å²) in [5, 5.41) is 4.73. The van der Waals surface area contributed by atoms with Crippen LogP contribution in [0, 0.1) is 3.57 Å². The molecule has 0 spiro atoms. The second kappa shape index (κ2) is 11.6. The monoisotopic (exact) mass is 734 g/mol. The predicted octanol–water partition coefficient (Wildman–Crippen LogP) is 13.5. The van der Waals surface area contributed by atoms with Crippen molar-refractivity contribution in [2.45, 2.75) is 0 Å². The van der Waals surface area contributed by atoms with E-state index in [1.807, 2.05) is 23.5 Å². The van der Waals surface area contributed by atoms with Crippen molar-refractivity contribution in [3.05, 3.63) is 167 Å². The molecular weight excluding hydrogens is 707 g/mol. The van der Waals surface area contributed by atoms with Gasteiger partial charge in [-0.25, -0.2) is 0 Å². The van der Waals surface area contributed by atoms with Gasteiger partial charge in [0.15, 0.2) is 5.58 Å². The molecule has 0 radical (unpaired) electrons. The molecule has 5 heteroatoms. The molecule has 0 saturated carbocycles. The highest BCUT2D eigenvalue weighted by Crippen LogP contribution is 2.48. The summed E-state index contributed by atoms with van der Waals surface area (Å²) in [7, 11) is 0. The molecule has 0 bridgehead atoms. The fourth-order valence-electron chi connectivity index (χ4n) is 6.61. The van der Waals surface area contributed by atoms with Gasteiger partial charge in [-0.05, 0) is 101 Å². The van der Waals surface area contributed by atoms with Gasteiger partial charge in [0.05, 0.1) is 16.1 Å². The molecule has 0 unspecified atom stereocenters. The number of halogens is 1. The molecule has 0 N–H and O–H groups in total. The third-order valence-corrected chi connectivity index (χ3v) is 10.5. The van der Waals surface area contributed by atoms with E-state index in [1.54, 1.807) is 0 Å². The van der Waals surface area contributed by atoms with Crippen molar-refractivity contribution >= 4 is 110 Å². The lowest BCUT2D eigenvalue weighted by Crippen LogP contribution is -2.10. The maximum Gasteiger partial charge on any atom is 0.159 e. The number of thiophene rings is 1. The van der Waals surface area contributed by atoms with E-state index in [4.69, 9.17) is 4.42 Å². The minimum Gasteiger partial charge on any atom is -0.454 e. The van der Waals surface area contributed by atoms with E-state index >= 15 is 0 Å². The predicted molar refractivity (Wildman–Crippen MR) is 209 cm³/mol. The smallest absolute Gasteiger partial charge is 0.159 e. The molecule has 0 aliphatic rings. The lowest BCUT2D eigenvalue weighted by Gasteiger charge is -2.26. The quantitative estimate of drug-likeness (QED) is 0.159. The number of furan rings is 1. The number of para-hydroxylation sites is 4. The van der Waals surface area contributed by atoms with Crippen molar-refractivity contribution in [2.24, 2.45) is 0 Å². The zero-order valence-corrected chi connectivity index (χ0v) is 28.2. The number of anilines is 6. The van der Waals surface area contributed by atoms with Gasteiger partial charge in [0.2, 0.25) is 0 Å². The van der Waals surface area contributed by atoms with Crippen molar-refractivity contribution in [2.75, 3.05) is 9.80 Å². The van der Waals surface area contributed by atoms with Gasteiger partial charge in [-0.15, -0.1) is 11.3 Å². The highest BCUT2D eigenvalue weighted by molar-refractivity contribution is 14.1. The van der Waals surface area contributed by atoms with Gasteiger partial charge in [-0.1, -0.05) is 84.9 Å². The van der Waals surface area contributed by atoms with E-state index < -0.39 is 0 Å².